The number of carbonyl (C=O) groups is 1. The number of aromatic nitrogens is 1. The summed E-state index contributed by atoms with van der Waals surface area (Å²) in [6.45, 7) is 2.94. The van der Waals surface area contributed by atoms with E-state index in [9.17, 15) is 9.59 Å². The van der Waals surface area contributed by atoms with Gasteiger partial charge in [-0.3, -0.25) is 9.59 Å². The number of nitrogens with one attached hydrogen (secondary N) is 1. The smallest absolute Gasteiger partial charge is 0.239 e. The first kappa shape index (κ1) is 12.3. The van der Waals surface area contributed by atoms with Gasteiger partial charge in [-0.2, -0.15) is 0 Å². The second kappa shape index (κ2) is 5.95. The van der Waals surface area contributed by atoms with Crippen molar-refractivity contribution in [3.63, 3.8) is 0 Å². The van der Waals surface area contributed by atoms with Gasteiger partial charge in [-0.05, 0) is 6.42 Å². The molecular weight excluding hydrogens is 206 g/mol. The van der Waals surface area contributed by atoms with Crippen molar-refractivity contribution in [1.29, 1.82) is 0 Å². The van der Waals surface area contributed by atoms with Crippen LogP contribution in [0.3, 0.4) is 0 Å². The van der Waals surface area contributed by atoms with Gasteiger partial charge in [-0.25, -0.2) is 0 Å². The number of nitrogens with zero attached hydrogens (tertiary/aromatic N) is 1. The van der Waals surface area contributed by atoms with Crippen molar-refractivity contribution in [2.75, 3.05) is 12.3 Å². The van der Waals surface area contributed by atoms with Gasteiger partial charge in [-0.1, -0.05) is 13.3 Å². The van der Waals surface area contributed by atoms with Crippen molar-refractivity contribution in [2.45, 2.75) is 26.3 Å². The van der Waals surface area contributed by atoms with Gasteiger partial charge in [0.05, 0.1) is 5.69 Å². The van der Waals surface area contributed by atoms with Crippen LogP contribution >= 0.6 is 0 Å². The summed E-state index contributed by atoms with van der Waals surface area (Å²) in [7, 11) is 0. The molecule has 0 spiro atoms. The number of hydrogen-bond donors (Lipinski definition) is 2. The molecule has 1 heterocycles. The zero-order valence-electron chi connectivity index (χ0n) is 9.40. The molecule has 1 aromatic rings. The van der Waals surface area contributed by atoms with E-state index >= 15 is 0 Å². The summed E-state index contributed by atoms with van der Waals surface area (Å²) in [4.78, 5) is 22.5. The quantitative estimate of drug-likeness (QED) is 0.707. The van der Waals surface area contributed by atoms with E-state index in [1.165, 1.54) is 12.3 Å². The van der Waals surface area contributed by atoms with Gasteiger partial charge < -0.3 is 15.6 Å². The Balaban J connectivity index is 2.50. The highest BCUT2D eigenvalue weighted by atomic mass is 16.2. The number of nitrogen functional groups attached to an aromatic ring is 1. The number of hydrogen-bond acceptors (Lipinski definition) is 3. The molecule has 1 amide bonds. The Kier molecular flexibility index (Phi) is 4.57. The largest absolute Gasteiger partial charge is 0.394 e. The van der Waals surface area contributed by atoms with Crippen molar-refractivity contribution in [3.8, 4) is 0 Å². The van der Waals surface area contributed by atoms with Crippen molar-refractivity contribution in [3.05, 3.63) is 28.7 Å². The van der Waals surface area contributed by atoms with E-state index in [2.05, 4.69) is 12.2 Å². The van der Waals surface area contributed by atoms with Crippen LogP contribution in [0.1, 0.15) is 19.8 Å². The van der Waals surface area contributed by atoms with E-state index in [1.807, 2.05) is 0 Å². The Morgan fingerprint density at radius 1 is 1.56 bits per heavy atom. The second-order valence-corrected chi connectivity index (χ2v) is 3.64. The molecule has 0 unspecified atom stereocenters. The number of amides is 1. The minimum absolute atomic E-state index is 0.0727. The van der Waals surface area contributed by atoms with Crippen LogP contribution in [0.4, 0.5) is 5.69 Å². The van der Waals surface area contributed by atoms with Crippen molar-refractivity contribution in [2.24, 2.45) is 0 Å². The van der Waals surface area contributed by atoms with E-state index in [1.54, 1.807) is 10.8 Å². The number of unbranched alkanes of at least 4 members (excludes halogenated alkanes) is 1. The van der Waals surface area contributed by atoms with E-state index in [4.69, 9.17) is 5.73 Å². The topological polar surface area (TPSA) is 77.1 Å². The zero-order valence-corrected chi connectivity index (χ0v) is 9.40. The maximum Gasteiger partial charge on any atom is 0.239 e. The Hall–Kier alpha value is -1.78. The average molecular weight is 223 g/mol. The lowest BCUT2D eigenvalue weighted by Gasteiger charge is -2.07. The number of rotatable bonds is 5. The van der Waals surface area contributed by atoms with Crippen molar-refractivity contribution < 1.29 is 4.79 Å². The molecule has 5 nitrogen and oxygen atoms in total. The summed E-state index contributed by atoms with van der Waals surface area (Å²) < 4.78 is 1.60. The number of carbonyl (C=O) groups excluding carboxylic acids is 1. The van der Waals surface area contributed by atoms with Gasteiger partial charge in [0, 0.05) is 25.0 Å². The lowest BCUT2D eigenvalue weighted by molar-refractivity contribution is -0.121. The predicted molar refractivity (Wildman–Crippen MR) is 63.0 cm³/mol. The van der Waals surface area contributed by atoms with Crippen LogP contribution in [0.5, 0.6) is 0 Å². The lowest BCUT2D eigenvalue weighted by atomic mass is 10.3. The Morgan fingerprint density at radius 3 is 2.94 bits per heavy atom. The van der Waals surface area contributed by atoms with Gasteiger partial charge in [0.15, 0.2) is 0 Å². The first-order chi connectivity index (χ1) is 7.63. The lowest BCUT2D eigenvalue weighted by Crippen LogP contribution is -2.28. The van der Waals surface area contributed by atoms with Gasteiger partial charge >= 0.3 is 0 Å². The average Bonchev–Trinajstić information content (AvgIpc) is 2.24. The number of nitrogens with two attached hydrogens (primary N) is 1. The highest BCUT2D eigenvalue weighted by Crippen LogP contribution is 1.93. The molecule has 3 N–H and O–H groups in total. The molecule has 0 saturated heterocycles. The van der Waals surface area contributed by atoms with E-state index < -0.39 is 0 Å². The van der Waals surface area contributed by atoms with Crippen LogP contribution < -0.4 is 16.5 Å². The molecule has 0 aromatic carbocycles. The van der Waals surface area contributed by atoms with Crippen LogP contribution in [0.2, 0.25) is 0 Å². The summed E-state index contributed by atoms with van der Waals surface area (Å²) in [5.41, 5.74) is 5.39. The van der Waals surface area contributed by atoms with E-state index in [0.29, 0.717) is 6.54 Å². The molecule has 5 heteroatoms. The van der Waals surface area contributed by atoms with Crippen LogP contribution in [-0.2, 0) is 11.3 Å². The molecule has 16 heavy (non-hydrogen) atoms. The maximum atomic E-state index is 11.4. The predicted octanol–water partition coefficient (Wildman–Crippen LogP) is 0.347. The monoisotopic (exact) mass is 223 g/mol. The van der Waals surface area contributed by atoms with Crippen LogP contribution in [-0.4, -0.2) is 17.0 Å². The summed E-state index contributed by atoms with van der Waals surface area (Å²) in [6.07, 6.45) is 5.04. The van der Waals surface area contributed by atoms with Gasteiger partial charge in [0.2, 0.25) is 11.3 Å². The van der Waals surface area contributed by atoms with E-state index in [0.717, 1.165) is 12.8 Å². The maximum absolute atomic E-state index is 11.4. The van der Waals surface area contributed by atoms with Crippen molar-refractivity contribution in [1.82, 2.24) is 9.88 Å². The summed E-state index contributed by atoms with van der Waals surface area (Å²) >= 11 is 0. The third-order valence-corrected chi connectivity index (χ3v) is 2.19. The van der Waals surface area contributed by atoms with Gasteiger partial charge in [-0.15, -0.1) is 0 Å². The summed E-state index contributed by atoms with van der Waals surface area (Å²) in [6, 6.07) is 1.36. The minimum Gasteiger partial charge on any atom is -0.394 e. The third-order valence-electron chi connectivity index (χ3n) is 2.19. The molecule has 0 atom stereocenters. The normalized spacial score (nSPS) is 10.1. The van der Waals surface area contributed by atoms with Crippen LogP contribution in [0.25, 0.3) is 0 Å². The zero-order chi connectivity index (χ0) is 12.0. The first-order valence-electron chi connectivity index (χ1n) is 5.35. The molecule has 0 fully saturated rings. The molecule has 0 saturated carbocycles. The standard InChI is InChI=1S/C11H17N3O2/c1-2-3-5-13-11(16)8-14-6-4-10(15)9(12)7-14/h4,6-7H,2-3,5,8,12H2,1H3,(H,13,16). The molecule has 0 aliphatic carbocycles. The van der Waals surface area contributed by atoms with Crippen molar-refractivity contribution >= 4 is 11.6 Å². The molecule has 88 valence electrons. The molecule has 1 rings (SSSR count). The molecule has 0 aliphatic heterocycles. The SMILES string of the molecule is CCCCNC(=O)Cn1ccc(=O)c(N)c1. The summed E-state index contributed by atoms with van der Waals surface area (Å²) in [5, 5.41) is 2.79. The number of anilines is 1. The molecule has 1 aromatic heterocycles. The highest BCUT2D eigenvalue weighted by molar-refractivity contribution is 5.75. The third kappa shape index (κ3) is 3.76. The summed E-state index contributed by atoms with van der Waals surface area (Å²) in [5.74, 6) is -0.0727. The minimum atomic E-state index is -0.220. The first-order valence-corrected chi connectivity index (χ1v) is 5.35. The molecule has 0 bridgehead atoms. The Bertz CT molecular complexity index is 412. The highest BCUT2D eigenvalue weighted by Gasteiger charge is 2.01. The fourth-order valence-corrected chi connectivity index (χ4v) is 1.27. The van der Waals surface area contributed by atoms with Crippen LogP contribution in [0, 0.1) is 0 Å². The van der Waals surface area contributed by atoms with Gasteiger partial charge in [0.1, 0.15) is 6.54 Å². The van der Waals surface area contributed by atoms with E-state index in [-0.39, 0.29) is 23.6 Å². The number of pyridine rings is 1. The fourth-order valence-electron chi connectivity index (χ4n) is 1.27. The van der Waals surface area contributed by atoms with Crippen LogP contribution in [0.15, 0.2) is 23.3 Å². The fraction of sp³-hybridized carbons (Fsp3) is 0.455. The second-order valence-electron chi connectivity index (χ2n) is 3.64. The molecule has 0 aliphatic rings. The molecule has 0 radical (unpaired) electrons. The molecular formula is C11H17N3O2. The van der Waals surface area contributed by atoms with Gasteiger partial charge in [0.25, 0.3) is 0 Å². The Labute approximate surface area is 94.3 Å². The Morgan fingerprint density at radius 2 is 2.31 bits per heavy atom.